The van der Waals surface area contributed by atoms with Crippen LogP contribution in [0.15, 0.2) is 18.2 Å². The third kappa shape index (κ3) is 1.70. The monoisotopic (exact) mass is 164 g/mol. The molecule has 0 spiro atoms. The van der Waals surface area contributed by atoms with E-state index in [4.69, 9.17) is 11.5 Å². The van der Waals surface area contributed by atoms with Gasteiger partial charge in [0.05, 0.1) is 0 Å². The van der Waals surface area contributed by atoms with Gasteiger partial charge in [-0.1, -0.05) is 13.8 Å². The average molecular weight is 164 g/mol. The van der Waals surface area contributed by atoms with Crippen molar-refractivity contribution in [3.63, 3.8) is 0 Å². The van der Waals surface area contributed by atoms with Gasteiger partial charge in [0.25, 0.3) is 0 Å². The molecule has 1 aromatic rings. The SMILES string of the molecule is CCC(C)c1cc(N)ccc1N. The Balaban J connectivity index is 3.04. The van der Waals surface area contributed by atoms with Gasteiger partial charge >= 0.3 is 0 Å². The zero-order valence-electron chi connectivity index (χ0n) is 7.67. The van der Waals surface area contributed by atoms with Crippen molar-refractivity contribution in [1.82, 2.24) is 0 Å². The van der Waals surface area contributed by atoms with E-state index in [1.807, 2.05) is 18.2 Å². The summed E-state index contributed by atoms with van der Waals surface area (Å²) in [6.07, 6.45) is 1.09. The molecule has 0 saturated heterocycles. The van der Waals surface area contributed by atoms with Gasteiger partial charge < -0.3 is 11.5 Å². The van der Waals surface area contributed by atoms with Crippen molar-refractivity contribution in [2.45, 2.75) is 26.2 Å². The van der Waals surface area contributed by atoms with Crippen LogP contribution in [-0.4, -0.2) is 0 Å². The first kappa shape index (κ1) is 8.91. The second kappa shape index (κ2) is 3.48. The number of rotatable bonds is 2. The Morgan fingerprint density at radius 3 is 2.58 bits per heavy atom. The van der Waals surface area contributed by atoms with E-state index in [2.05, 4.69) is 13.8 Å². The van der Waals surface area contributed by atoms with Gasteiger partial charge in [-0.25, -0.2) is 0 Å². The van der Waals surface area contributed by atoms with Crippen LogP contribution in [0.25, 0.3) is 0 Å². The summed E-state index contributed by atoms with van der Waals surface area (Å²) in [5.74, 6) is 0.494. The second-order valence-electron chi connectivity index (χ2n) is 3.20. The molecule has 2 nitrogen and oxygen atoms in total. The highest BCUT2D eigenvalue weighted by Crippen LogP contribution is 2.26. The molecule has 1 unspecified atom stereocenters. The van der Waals surface area contributed by atoms with E-state index in [-0.39, 0.29) is 0 Å². The van der Waals surface area contributed by atoms with Gasteiger partial charge in [0, 0.05) is 11.4 Å². The summed E-state index contributed by atoms with van der Waals surface area (Å²) < 4.78 is 0. The fraction of sp³-hybridized carbons (Fsp3) is 0.400. The fourth-order valence-electron chi connectivity index (χ4n) is 1.24. The lowest BCUT2D eigenvalue weighted by molar-refractivity contribution is 0.736. The topological polar surface area (TPSA) is 52.0 Å². The first-order valence-corrected chi connectivity index (χ1v) is 4.30. The lowest BCUT2D eigenvalue weighted by atomic mass is 9.96. The molecule has 1 aromatic carbocycles. The molecular weight excluding hydrogens is 148 g/mol. The van der Waals surface area contributed by atoms with E-state index < -0.39 is 0 Å². The van der Waals surface area contributed by atoms with Crippen LogP contribution in [0.3, 0.4) is 0 Å². The maximum absolute atomic E-state index is 5.81. The van der Waals surface area contributed by atoms with E-state index >= 15 is 0 Å². The van der Waals surface area contributed by atoms with Gasteiger partial charge in [-0.15, -0.1) is 0 Å². The van der Waals surface area contributed by atoms with Gasteiger partial charge in [0.2, 0.25) is 0 Å². The van der Waals surface area contributed by atoms with Crippen LogP contribution in [0.1, 0.15) is 31.7 Å². The highest BCUT2D eigenvalue weighted by molar-refractivity contribution is 5.56. The van der Waals surface area contributed by atoms with Gasteiger partial charge in [-0.05, 0) is 36.1 Å². The molecule has 0 heterocycles. The second-order valence-corrected chi connectivity index (χ2v) is 3.20. The number of hydrogen-bond acceptors (Lipinski definition) is 2. The molecule has 0 fully saturated rings. The van der Waals surface area contributed by atoms with Crippen LogP contribution in [0, 0.1) is 0 Å². The van der Waals surface area contributed by atoms with Crippen molar-refractivity contribution in [1.29, 1.82) is 0 Å². The smallest absolute Gasteiger partial charge is 0.0350 e. The molecule has 2 heteroatoms. The molecule has 0 aromatic heterocycles. The van der Waals surface area contributed by atoms with E-state index in [1.54, 1.807) is 0 Å². The van der Waals surface area contributed by atoms with Crippen molar-refractivity contribution in [2.75, 3.05) is 11.5 Å². The normalized spacial score (nSPS) is 12.8. The summed E-state index contributed by atoms with van der Waals surface area (Å²) >= 11 is 0. The maximum Gasteiger partial charge on any atom is 0.0350 e. The molecule has 12 heavy (non-hydrogen) atoms. The van der Waals surface area contributed by atoms with E-state index in [0.29, 0.717) is 5.92 Å². The van der Waals surface area contributed by atoms with Crippen molar-refractivity contribution in [2.24, 2.45) is 0 Å². The number of benzene rings is 1. The summed E-state index contributed by atoms with van der Waals surface area (Å²) in [7, 11) is 0. The van der Waals surface area contributed by atoms with E-state index in [9.17, 15) is 0 Å². The molecule has 0 radical (unpaired) electrons. The lowest BCUT2D eigenvalue weighted by Gasteiger charge is -2.12. The first-order valence-electron chi connectivity index (χ1n) is 4.30. The van der Waals surface area contributed by atoms with E-state index in [0.717, 1.165) is 23.4 Å². The van der Waals surface area contributed by atoms with Crippen LogP contribution in [0.5, 0.6) is 0 Å². The van der Waals surface area contributed by atoms with Crippen LogP contribution < -0.4 is 11.5 Å². The molecule has 0 aliphatic carbocycles. The maximum atomic E-state index is 5.81. The Morgan fingerprint density at radius 2 is 2.00 bits per heavy atom. The summed E-state index contributed by atoms with van der Waals surface area (Å²) in [6, 6.07) is 5.67. The predicted octanol–water partition coefficient (Wildman–Crippen LogP) is 2.36. The van der Waals surface area contributed by atoms with Crippen molar-refractivity contribution < 1.29 is 0 Å². The molecule has 66 valence electrons. The Morgan fingerprint density at radius 1 is 1.33 bits per heavy atom. The van der Waals surface area contributed by atoms with Gasteiger partial charge in [-0.3, -0.25) is 0 Å². The summed E-state index contributed by atoms with van der Waals surface area (Å²) in [6.45, 7) is 4.30. The highest BCUT2D eigenvalue weighted by atomic mass is 14.6. The molecule has 0 amide bonds. The highest BCUT2D eigenvalue weighted by Gasteiger charge is 2.06. The van der Waals surface area contributed by atoms with Crippen molar-refractivity contribution >= 4 is 11.4 Å². The van der Waals surface area contributed by atoms with Gasteiger partial charge in [-0.2, -0.15) is 0 Å². The van der Waals surface area contributed by atoms with Crippen LogP contribution in [-0.2, 0) is 0 Å². The van der Waals surface area contributed by atoms with E-state index in [1.165, 1.54) is 0 Å². The first-order chi connectivity index (χ1) is 5.65. The molecule has 0 saturated carbocycles. The number of nitrogen functional groups attached to an aromatic ring is 2. The zero-order valence-corrected chi connectivity index (χ0v) is 7.67. The Labute approximate surface area is 73.6 Å². The van der Waals surface area contributed by atoms with Crippen molar-refractivity contribution in [3.8, 4) is 0 Å². The zero-order chi connectivity index (χ0) is 9.14. The standard InChI is InChI=1S/C10H16N2/c1-3-7(2)9-6-8(11)4-5-10(9)12/h4-7H,3,11-12H2,1-2H3. The van der Waals surface area contributed by atoms with Crippen LogP contribution in [0.2, 0.25) is 0 Å². The summed E-state index contributed by atoms with van der Waals surface area (Å²) in [5, 5.41) is 0. The fourth-order valence-corrected chi connectivity index (χ4v) is 1.24. The number of nitrogens with two attached hydrogens (primary N) is 2. The minimum absolute atomic E-state index is 0.494. The minimum atomic E-state index is 0.494. The Kier molecular flexibility index (Phi) is 2.58. The van der Waals surface area contributed by atoms with Crippen LogP contribution in [0.4, 0.5) is 11.4 Å². The lowest BCUT2D eigenvalue weighted by Crippen LogP contribution is -1.99. The van der Waals surface area contributed by atoms with Crippen LogP contribution >= 0.6 is 0 Å². The molecule has 0 aliphatic rings. The molecule has 1 rings (SSSR count). The quantitative estimate of drug-likeness (QED) is 0.659. The predicted molar refractivity (Wildman–Crippen MR) is 54.0 cm³/mol. The summed E-state index contributed by atoms with van der Waals surface area (Å²) in [5.41, 5.74) is 14.3. The molecule has 1 atom stereocenters. The molecule has 0 bridgehead atoms. The average Bonchev–Trinajstić information content (AvgIpc) is 2.08. The largest absolute Gasteiger partial charge is 0.399 e. The number of anilines is 2. The molecule has 4 N–H and O–H groups in total. The third-order valence-electron chi connectivity index (χ3n) is 2.25. The minimum Gasteiger partial charge on any atom is -0.399 e. The van der Waals surface area contributed by atoms with Gasteiger partial charge in [0.1, 0.15) is 0 Å². The van der Waals surface area contributed by atoms with Crippen molar-refractivity contribution in [3.05, 3.63) is 23.8 Å². The van der Waals surface area contributed by atoms with Gasteiger partial charge in [0.15, 0.2) is 0 Å². The Bertz CT molecular complexity index is 269. The third-order valence-corrected chi connectivity index (χ3v) is 2.25. The number of hydrogen-bond donors (Lipinski definition) is 2. The molecular formula is C10H16N2. The Hall–Kier alpha value is -1.18. The molecule has 0 aliphatic heterocycles. The summed E-state index contributed by atoms with van der Waals surface area (Å²) in [4.78, 5) is 0.